The lowest BCUT2D eigenvalue weighted by molar-refractivity contribution is 0.0944. The Bertz CT molecular complexity index is 1140. The molecule has 0 bridgehead atoms. The lowest BCUT2D eigenvalue weighted by Crippen LogP contribution is -2.41. The van der Waals surface area contributed by atoms with Crippen molar-refractivity contribution < 1.29 is 27.1 Å². The Labute approximate surface area is 159 Å². The smallest absolute Gasteiger partial charge is 0.266 e. The monoisotopic (exact) mass is 404 g/mol. The normalized spacial score (nSPS) is 11.2. The average Bonchev–Trinajstić information content (AvgIpc) is 2.68. The van der Waals surface area contributed by atoms with E-state index in [0.29, 0.717) is 11.1 Å². The molecule has 144 valence electrons. The van der Waals surface area contributed by atoms with Crippen molar-refractivity contribution in [3.8, 4) is 16.9 Å². The number of hydrogen-bond acceptors (Lipinski definition) is 4. The quantitative estimate of drug-likeness (QED) is 0.570. The first kappa shape index (κ1) is 19.5. The van der Waals surface area contributed by atoms with E-state index in [-0.39, 0.29) is 5.56 Å². The number of hydrazine groups is 1. The van der Waals surface area contributed by atoms with E-state index in [0.717, 1.165) is 24.3 Å². The third-order valence-corrected chi connectivity index (χ3v) is 5.06. The summed E-state index contributed by atoms with van der Waals surface area (Å²) in [6.07, 6.45) is 0. The maximum Gasteiger partial charge on any atom is 0.266 e. The molecule has 0 saturated heterocycles. The Balaban J connectivity index is 1.82. The fourth-order valence-corrected chi connectivity index (χ4v) is 3.40. The van der Waals surface area contributed by atoms with Gasteiger partial charge >= 0.3 is 0 Å². The molecule has 0 aliphatic carbocycles. The number of phenolic OH excluding ortho intramolecular Hbond substituents is 1. The zero-order valence-electron chi connectivity index (χ0n) is 14.2. The summed E-state index contributed by atoms with van der Waals surface area (Å²) in [7, 11) is -4.50. The van der Waals surface area contributed by atoms with Crippen LogP contribution < -0.4 is 10.3 Å². The van der Waals surface area contributed by atoms with E-state index in [4.69, 9.17) is 0 Å². The summed E-state index contributed by atoms with van der Waals surface area (Å²) in [4.78, 5) is 13.1. The van der Waals surface area contributed by atoms with Gasteiger partial charge in [-0.15, -0.1) is 4.83 Å². The molecule has 0 fully saturated rings. The van der Waals surface area contributed by atoms with Crippen LogP contribution in [0.15, 0.2) is 71.6 Å². The van der Waals surface area contributed by atoms with E-state index >= 15 is 0 Å². The number of phenols is 1. The van der Waals surface area contributed by atoms with Crippen molar-refractivity contribution in [3.63, 3.8) is 0 Å². The maximum atomic E-state index is 13.9. The first-order valence-corrected chi connectivity index (χ1v) is 9.42. The van der Waals surface area contributed by atoms with Crippen LogP contribution >= 0.6 is 0 Å². The van der Waals surface area contributed by atoms with Gasteiger partial charge in [-0.25, -0.2) is 17.2 Å². The van der Waals surface area contributed by atoms with Crippen LogP contribution in [0.2, 0.25) is 0 Å². The van der Waals surface area contributed by atoms with Crippen LogP contribution in [-0.4, -0.2) is 19.4 Å². The minimum absolute atomic E-state index is 0.141. The number of halogens is 2. The number of hydrogen-bond donors (Lipinski definition) is 3. The van der Waals surface area contributed by atoms with Crippen LogP contribution in [0.4, 0.5) is 8.78 Å². The van der Waals surface area contributed by atoms with Gasteiger partial charge in [0, 0.05) is 5.56 Å². The molecule has 1 amide bonds. The standard InChI is InChI=1S/C19H14F2N2O4S/c20-15-10-13(12-5-2-1-3-6-12)9-14(11-15)19(25)22-23-28(26,27)17-8-4-7-16(24)18(17)21/h1-11,23-24H,(H,22,25). The first-order valence-electron chi connectivity index (χ1n) is 7.93. The maximum absolute atomic E-state index is 13.9. The highest BCUT2D eigenvalue weighted by atomic mass is 32.2. The van der Waals surface area contributed by atoms with Gasteiger partial charge in [-0.05, 0) is 41.5 Å². The zero-order valence-corrected chi connectivity index (χ0v) is 15.0. The van der Waals surface area contributed by atoms with Gasteiger partial charge in [-0.2, -0.15) is 0 Å². The van der Waals surface area contributed by atoms with Gasteiger partial charge in [0.05, 0.1) is 0 Å². The molecule has 3 rings (SSSR count). The average molecular weight is 404 g/mol. The predicted molar refractivity (Wildman–Crippen MR) is 97.7 cm³/mol. The van der Waals surface area contributed by atoms with Crippen molar-refractivity contribution in [2.75, 3.05) is 0 Å². The number of benzene rings is 3. The fourth-order valence-electron chi connectivity index (χ4n) is 2.47. The Morgan fingerprint density at radius 2 is 1.61 bits per heavy atom. The van der Waals surface area contributed by atoms with Gasteiger partial charge in [-0.1, -0.05) is 36.4 Å². The van der Waals surface area contributed by atoms with Crippen LogP contribution in [-0.2, 0) is 10.0 Å². The molecule has 0 saturated carbocycles. The van der Waals surface area contributed by atoms with E-state index in [1.54, 1.807) is 35.2 Å². The van der Waals surface area contributed by atoms with Crippen LogP contribution in [0.3, 0.4) is 0 Å². The first-order chi connectivity index (χ1) is 13.3. The molecule has 0 aromatic heterocycles. The minimum atomic E-state index is -4.50. The van der Waals surface area contributed by atoms with Gasteiger partial charge in [-0.3, -0.25) is 10.2 Å². The number of carbonyl (C=O) groups is 1. The third-order valence-electron chi connectivity index (χ3n) is 3.80. The largest absolute Gasteiger partial charge is 0.505 e. The lowest BCUT2D eigenvalue weighted by atomic mass is 10.0. The number of carbonyl (C=O) groups excluding carboxylic acids is 1. The second-order valence-electron chi connectivity index (χ2n) is 5.74. The highest BCUT2D eigenvalue weighted by Crippen LogP contribution is 2.23. The molecule has 0 radical (unpaired) electrons. The van der Waals surface area contributed by atoms with Crippen LogP contribution in [0.5, 0.6) is 5.75 Å². The van der Waals surface area contributed by atoms with Crippen LogP contribution in [0, 0.1) is 11.6 Å². The van der Waals surface area contributed by atoms with Gasteiger partial charge in [0.15, 0.2) is 11.6 Å². The molecule has 9 heteroatoms. The van der Waals surface area contributed by atoms with Gasteiger partial charge in [0.25, 0.3) is 15.9 Å². The predicted octanol–water partition coefficient (Wildman–Crippen LogP) is 2.96. The van der Waals surface area contributed by atoms with E-state index in [9.17, 15) is 27.1 Å². The van der Waals surface area contributed by atoms with E-state index in [1.165, 1.54) is 12.1 Å². The second-order valence-corrected chi connectivity index (χ2v) is 7.39. The minimum Gasteiger partial charge on any atom is -0.505 e. The van der Waals surface area contributed by atoms with Crippen molar-refractivity contribution in [2.45, 2.75) is 4.90 Å². The zero-order chi connectivity index (χ0) is 20.3. The van der Waals surface area contributed by atoms with E-state index < -0.39 is 38.2 Å². The summed E-state index contributed by atoms with van der Waals surface area (Å²) in [6.45, 7) is 0. The van der Waals surface area contributed by atoms with Crippen molar-refractivity contribution in [2.24, 2.45) is 0 Å². The molecule has 3 aromatic rings. The lowest BCUT2D eigenvalue weighted by Gasteiger charge is -2.11. The summed E-state index contributed by atoms with van der Waals surface area (Å²) in [6, 6.07) is 15.3. The number of sulfonamides is 1. The molecular formula is C19H14F2N2O4S. The number of aromatic hydroxyl groups is 1. The summed E-state index contributed by atoms with van der Waals surface area (Å²) >= 11 is 0. The van der Waals surface area contributed by atoms with E-state index in [2.05, 4.69) is 0 Å². The molecule has 0 heterocycles. The van der Waals surface area contributed by atoms with Crippen molar-refractivity contribution in [3.05, 3.63) is 83.9 Å². The Hall–Kier alpha value is -3.30. The summed E-state index contributed by atoms with van der Waals surface area (Å²) in [5.41, 5.74) is 2.85. The number of rotatable bonds is 5. The molecule has 28 heavy (non-hydrogen) atoms. The molecule has 6 nitrogen and oxygen atoms in total. The molecule has 0 aliphatic rings. The van der Waals surface area contributed by atoms with Crippen molar-refractivity contribution >= 4 is 15.9 Å². The number of nitrogens with one attached hydrogen (secondary N) is 2. The Kier molecular flexibility index (Phi) is 5.39. The topological polar surface area (TPSA) is 95.5 Å². The van der Waals surface area contributed by atoms with Gasteiger partial charge in [0.1, 0.15) is 10.7 Å². The van der Waals surface area contributed by atoms with Crippen LogP contribution in [0.25, 0.3) is 11.1 Å². The highest BCUT2D eigenvalue weighted by Gasteiger charge is 2.22. The van der Waals surface area contributed by atoms with Crippen molar-refractivity contribution in [1.29, 1.82) is 0 Å². The molecule has 0 unspecified atom stereocenters. The number of amides is 1. The molecule has 3 aromatic carbocycles. The summed E-state index contributed by atoms with van der Waals surface area (Å²) < 4.78 is 52.0. The molecular weight excluding hydrogens is 390 g/mol. The highest BCUT2D eigenvalue weighted by molar-refractivity contribution is 7.89. The summed E-state index contributed by atoms with van der Waals surface area (Å²) in [5.74, 6) is -3.84. The second kappa shape index (κ2) is 7.75. The Morgan fingerprint density at radius 3 is 2.32 bits per heavy atom. The Morgan fingerprint density at radius 1 is 0.893 bits per heavy atom. The van der Waals surface area contributed by atoms with Gasteiger partial charge < -0.3 is 5.11 Å². The van der Waals surface area contributed by atoms with Crippen molar-refractivity contribution in [1.82, 2.24) is 10.3 Å². The molecule has 0 aliphatic heterocycles. The van der Waals surface area contributed by atoms with Crippen LogP contribution in [0.1, 0.15) is 10.4 Å². The SMILES string of the molecule is O=C(NNS(=O)(=O)c1cccc(O)c1F)c1cc(F)cc(-c2ccccc2)c1. The van der Waals surface area contributed by atoms with Gasteiger partial charge in [0.2, 0.25) is 0 Å². The molecule has 0 atom stereocenters. The molecule has 0 spiro atoms. The molecule has 3 N–H and O–H groups in total. The fraction of sp³-hybridized carbons (Fsp3) is 0. The third kappa shape index (κ3) is 4.16. The van der Waals surface area contributed by atoms with E-state index in [1.807, 2.05) is 5.43 Å². The summed E-state index contributed by atoms with van der Waals surface area (Å²) in [5, 5.41) is 9.29.